The number of aromatic nitrogens is 2. The predicted octanol–water partition coefficient (Wildman–Crippen LogP) is 2.63. The van der Waals surface area contributed by atoms with Gasteiger partial charge in [-0.1, -0.05) is 0 Å². The fourth-order valence-corrected chi connectivity index (χ4v) is 2.36. The lowest BCUT2D eigenvalue weighted by molar-refractivity contribution is 0.412. The number of nitrogens with zero attached hydrogens (tertiary/aromatic N) is 2. The summed E-state index contributed by atoms with van der Waals surface area (Å²) in [7, 11) is 3.64. The normalized spacial score (nSPS) is 10.7. The molecule has 0 fully saturated rings. The van der Waals surface area contributed by atoms with Crippen LogP contribution in [0.1, 0.15) is 11.3 Å². The fourth-order valence-electron chi connectivity index (χ4n) is 1.94. The third-order valence-corrected chi connectivity index (χ3v) is 3.93. The molecule has 0 bridgehead atoms. The Kier molecular flexibility index (Phi) is 3.73. The lowest BCUT2D eigenvalue weighted by Gasteiger charge is -2.07. The minimum absolute atomic E-state index is 0.420. The van der Waals surface area contributed by atoms with Crippen LogP contribution in [0, 0.1) is 6.92 Å². The van der Waals surface area contributed by atoms with E-state index in [1.54, 1.807) is 7.11 Å². The van der Waals surface area contributed by atoms with Crippen LogP contribution in [0.2, 0.25) is 0 Å². The monoisotopic (exact) mass is 309 g/mol. The second-order valence-corrected chi connectivity index (χ2v) is 4.87. The summed E-state index contributed by atoms with van der Waals surface area (Å²) in [5.74, 6) is 1.78. The van der Waals surface area contributed by atoms with E-state index in [0.29, 0.717) is 6.54 Å². The first kappa shape index (κ1) is 13.1. The molecule has 2 N–H and O–H groups in total. The highest BCUT2D eigenvalue weighted by Gasteiger charge is 2.13. The van der Waals surface area contributed by atoms with E-state index < -0.39 is 0 Å². The Morgan fingerprint density at radius 3 is 2.67 bits per heavy atom. The number of methoxy groups -OCH3 is 1. The Morgan fingerprint density at radius 2 is 2.17 bits per heavy atom. The van der Waals surface area contributed by atoms with Crippen molar-refractivity contribution in [1.82, 2.24) is 9.55 Å². The van der Waals surface area contributed by atoms with Gasteiger partial charge in [0, 0.05) is 19.2 Å². The van der Waals surface area contributed by atoms with Crippen molar-refractivity contribution in [2.24, 2.45) is 12.8 Å². The summed E-state index contributed by atoms with van der Waals surface area (Å²) in [6.45, 7) is 2.44. The fraction of sp³-hybridized carbons (Fsp3) is 0.308. The predicted molar refractivity (Wildman–Crippen MR) is 75.5 cm³/mol. The van der Waals surface area contributed by atoms with Crippen LogP contribution in [0.25, 0.3) is 11.4 Å². The molecule has 0 aliphatic rings. The zero-order valence-electron chi connectivity index (χ0n) is 10.7. The first-order valence-electron chi connectivity index (χ1n) is 5.64. The van der Waals surface area contributed by atoms with Crippen molar-refractivity contribution in [3.8, 4) is 17.1 Å². The molecule has 0 aliphatic carbocycles. The third-order valence-electron chi connectivity index (χ3n) is 2.94. The maximum atomic E-state index is 5.66. The van der Waals surface area contributed by atoms with Gasteiger partial charge in [0.15, 0.2) is 0 Å². The Balaban J connectivity index is 2.52. The van der Waals surface area contributed by atoms with Crippen LogP contribution < -0.4 is 10.5 Å². The topological polar surface area (TPSA) is 53.1 Å². The van der Waals surface area contributed by atoms with Gasteiger partial charge in [0.2, 0.25) is 0 Å². The number of hydrogen-bond donors (Lipinski definition) is 1. The first-order chi connectivity index (χ1) is 8.58. The van der Waals surface area contributed by atoms with E-state index in [1.165, 1.54) is 0 Å². The Morgan fingerprint density at radius 1 is 1.44 bits per heavy atom. The number of nitrogens with two attached hydrogens (primary N) is 1. The second kappa shape index (κ2) is 5.12. The largest absolute Gasteiger partial charge is 0.496 e. The molecule has 2 aromatic rings. The van der Waals surface area contributed by atoms with Crippen LogP contribution in [0.4, 0.5) is 0 Å². The minimum atomic E-state index is 0.420. The molecule has 0 radical (unpaired) electrons. The van der Waals surface area contributed by atoms with Gasteiger partial charge in [0.05, 0.1) is 12.8 Å². The van der Waals surface area contributed by atoms with Crippen molar-refractivity contribution < 1.29 is 4.74 Å². The number of halogens is 1. The number of ether oxygens (including phenoxy) is 1. The van der Waals surface area contributed by atoms with Crippen molar-refractivity contribution in [3.63, 3.8) is 0 Å². The summed E-state index contributed by atoms with van der Waals surface area (Å²) in [5.41, 5.74) is 8.66. The van der Waals surface area contributed by atoms with Crippen molar-refractivity contribution in [2.75, 3.05) is 7.11 Å². The van der Waals surface area contributed by atoms with Gasteiger partial charge >= 0.3 is 0 Å². The molecular formula is C13H16BrN3O. The molecule has 0 atom stereocenters. The number of benzene rings is 1. The molecule has 0 spiro atoms. The van der Waals surface area contributed by atoms with Crippen LogP contribution >= 0.6 is 15.9 Å². The van der Waals surface area contributed by atoms with Crippen molar-refractivity contribution >= 4 is 15.9 Å². The van der Waals surface area contributed by atoms with Gasteiger partial charge in [-0.05, 0) is 46.6 Å². The van der Waals surface area contributed by atoms with E-state index in [9.17, 15) is 0 Å². The van der Waals surface area contributed by atoms with Gasteiger partial charge in [-0.3, -0.25) is 0 Å². The quantitative estimate of drug-likeness (QED) is 0.948. The van der Waals surface area contributed by atoms with Crippen molar-refractivity contribution in [3.05, 3.63) is 34.1 Å². The third kappa shape index (κ3) is 2.15. The van der Waals surface area contributed by atoms with Gasteiger partial charge < -0.3 is 15.0 Å². The van der Waals surface area contributed by atoms with Crippen molar-refractivity contribution in [2.45, 2.75) is 13.5 Å². The molecule has 0 saturated carbocycles. The molecule has 5 heteroatoms. The SMILES string of the molecule is COc1ccc(-c2nc(CN)c(Br)n2C)cc1C. The molecule has 1 aromatic carbocycles. The Labute approximate surface area is 115 Å². The van der Waals surface area contributed by atoms with Crippen LogP contribution in [0.3, 0.4) is 0 Å². The van der Waals surface area contributed by atoms with Crippen LogP contribution in [-0.2, 0) is 13.6 Å². The molecule has 0 aliphatic heterocycles. The highest BCUT2D eigenvalue weighted by Crippen LogP contribution is 2.28. The van der Waals surface area contributed by atoms with E-state index in [-0.39, 0.29) is 0 Å². The smallest absolute Gasteiger partial charge is 0.140 e. The lowest BCUT2D eigenvalue weighted by atomic mass is 10.1. The van der Waals surface area contributed by atoms with E-state index in [0.717, 1.165) is 33.0 Å². The van der Waals surface area contributed by atoms with Crippen LogP contribution in [-0.4, -0.2) is 16.7 Å². The highest BCUT2D eigenvalue weighted by atomic mass is 79.9. The molecule has 2 rings (SSSR count). The van der Waals surface area contributed by atoms with Gasteiger partial charge in [-0.2, -0.15) is 0 Å². The standard InChI is InChI=1S/C13H16BrN3O/c1-8-6-9(4-5-11(8)18-3)13-16-10(7-15)12(14)17(13)2/h4-6H,7,15H2,1-3H3. The minimum Gasteiger partial charge on any atom is -0.496 e. The number of aryl methyl sites for hydroxylation is 1. The van der Waals surface area contributed by atoms with Gasteiger partial charge in [-0.25, -0.2) is 4.98 Å². The second-order valence-electron chi connectivity index (χ2n) is 4.12. The van der Waals surface area contributed by atoms with Gasteiger partial charge in [0.25, 0.3) is 0 Å². The van der Waals surface area contributed by atoms with E-state index in [4.69, 9.17) is 10.5 Å². The lowest BCUT2D eigenvalue weighted by Crippen LogP contribution is -1.97. The molecule has 96 valence electrons. The zero-order chi connectivity index (χ0) is 13.3. The summed E-state index contributed by atoms with van der Waals surface area (Å²) in [6.07, 6.45) is 0. The summed E-state index contributed by atoms with van der Waals surface area (Å²) in [4.78, 5) is 4.54. The van der Waals surface area contributed by atoms with E-state index in [2.05, 4.69) is 27.0 Å². The van der Waals surface area contributed by atoms with E-state index >= 15 is 0 Å². The van der Waals surface area contributed by atoms with Crippen molar-refractivity contribution in [1.29, 1.82) is 0 Å². The first-order valence-corrected chi connectivity index (χ1v) is 6.44. The number of hydrogen-bond acceptors (Lipinski definition) is 3. The number of rotatable bonds is 3. The molecule has 0 saturated heterocycles. The van der Waals surface area contributed by atoms with Gasteiger partial charge in [-0.15, -0.1) is 0 Å². The molecular weight excluding hydrogens is 294 g/mol. The van der Waals surface area contributed by atoms with Crippen LogP contribution in [0.15, 0.2) is 22.8 Å². The number of imidazole rings is 1. The zero-order valence-corrected chi connectivity index (χ0v) is 12.3. The summed E-state index contributed by atoms with van der Waals surface area (Å²) >= 11 is 3.50. The van der Waals surface area contributed by atoms with Gasteiger partial charge in [0.1, 0.15) is 16.2 Å². The Bertz CT molecular complexity index is 578. The maximum absolute atomic E-state index is 5.66. The molecule has 18 heavy (non-hydrogen) atoms. The molecule has 1 heterocycles. The molecule has 1 aromatic heterocycles. The maximum Gasteiger partial charge on any atom is 0.140 e. The summed E-state index contributed by atoms with van der Waals surface area (Å²) in [5, 5.41) is 0. The van der Waals surface area contributed by atoms with Crippen LogP contribution in [0.5, 0.6) is 5.75 Å². The van der Waals surface area contributed by atoms with E-state index in [1.807, 2.05) is 30.7 Å². The molecule has 4 nitrogen and oxygen atoms in total. The molecule has 0 amide bonds. The summed E-state index contributed by atoms with van der Waals surface area (Å²) in [6, 6.07) is 6.02. The average molecular weight is 310 g/mol. The molecule has 0 unspecified atom stereocenters. The average Bonchev–Trinajstić information content (AvgIpc) is 2.66. The summed E-state index contributed by atoms with van der Waals surface area (Å²) < 4.78 is 8.17. The Hall–Kier alpha value is -1.33. The highest BCUT2D eigenvalue weighted by molar-refractivity contribution is 9.10.